The van der Waals surface area contributed by atoms with Gasteiger partial charge in [-0.25, -0.2) is 4.79 Å². The van der Waals surface area contributed by atoms with Crippen molar-refractivity contribution >= 4 is 40.2 Å². The zero-order valence-electron chi connectivity index (χ0n) is 14.3. The van der Waals surface area contributed by atoms with Crippen LogP contribution in [0.3, 0.4) is 0 Å². The highest BCUT2D eigenvalue weighted by atomic mass is 35.5. The molecule has 134 valence electrons. The lowest BCUT2D eigenvalue weighted by atomic mass is 10.2. The second-order valence-electron chi connectivity index (χ2n) is 5.78. The molecular formula is C19H18ClN3O3. The molecule has 7 heteroatoms. The molecule has 0 spiro atoms. The van der Waals surface area contributed by atoms with Crippen molar-refractivity contribution in [3.8, 4) is 0 Å². The van der Waals surface area contributed by atoms with Gasteiger partial charge < -0.3 is 20.4 Å². The van der Waals surface area contributed by atoms with Crippen LogP contribution in [0.5, 0.6) is 0 Å². The van der Waals surface area contributed by atoms with Crippen molar-refractivity contribution in [1.29, 1.82) is 0 Å². The number of anilines is 1. The lowest BCUT2D eigenvalue weighted by Gasteiger charge is -2.13. The fraction of sp³-hybridized carbons (Fsp3) is 0.158. The molecule has 0 bridgehead atoms. The number of amides is 3. The third-order valence-electron chi connectivity index (χ3n) is 3.92. The molecule has 1 atom stereocenters. The summed E-state index contributed by atoms with van der Waals surface area (Å²) in [7, 11) is 1.53. The first kappa shape index (κ1) is 17.8. The summed E-state index contributed by atoms with van der Waals surface area (Å²) in [6.07, 6.45) is 0. The van der Waals surface area contributed by atoms with Crippen LogP contribution in [-0.2, 0) is 0 Å². The Kier molecular flexibility index (Phi) is 5.14. The Balaban J connectivity index is 1.66. The maximum Gasteiger partial charge on any atom is 0.319 e. The largest absolute Gasteiger partial charge is 0.459 e. The normalized spacial score (nSPS) is 11.8. The fourth-order valence-corrected chi connectivity index (χ4v) is 2.83. The molecule has 1 heterocycles. The van der Waals surface area contributed by atoms with Crippen LogP contribution in [0.1, 0.15) is 29.1 Å². The van der Waals surface area contributed by atoms with Crippen molar-refractivity contribution in [2.75, 3.05) is 12.4 Å². The number of hydrogen-bond donors (Lipinski definition) is 3. The number of nitrogens with one attached hydrogen (secondary N) is 3. The number of urea groups is 1. The van der Waals surface area contributed by atoms with Crippen LogP contribution in [0.25, 0.3) is 11.0 Å². The summed E-state index contributed by atoms with van der Waals surface area (Å²) in [6, 6.07) is 13.5. The summed E-state index contributed by atoms with van der Waals surface area (Å²) >= 11 is 6.09. The first-order valence-electron chi connectivity index (χ1n) is 8.05. The van der Waals surface area contributed by atoms with E-state index in [2.05, 4.69) is 16.0 Å². The molecule has 0 saturated carbocycles. The molecule has 2 aromatic carbocycles. The third kappa shape index (κ3) is 3.81. The molecule has 26 heavy (non-hydrogen) atoms. The lowest BCUT2D eigenvalue weighted by Crippen LogP contribution is -2.31. The highest BCUT2D eigenvalue weighted by molar-refractivity contribution is 6.34. The summed E-state index contributed by atoms with van der Waals surface area (Å²) in [4.78, 5) is 23.8. The molecule has 0 fully saturated rings. The Hall–Kier alpha value is -2.99. The second kappa shape index (κ2) is 7.49. The van der Waals surface area contributed by atoms with Crippen LogP contribution in [-0.4, -0.2) is 19.0 Å². The van der Waals surface area contributed by atoms with Gasteiger partial charge in [0.2, 0.25) is 0 Å². The minimum Gasteiger partial charge on any atom is -0.459 e. The van der Waals surface area contributed by atoms with E-state index in [-0.39, 0.29) is 17.0 Å². The minimum absolute atomic E-state index is 0.257. The van der Waals surface area contributed by atoms with Gasteiger partial charge in [-0.3, -0.25) is 4.79 Å². The van der Waals surface area contributed by atoms with Crippen LogP contribution in [0.15, 0.2) is 52.9 Å². The highest BCUT2D eigenvalue weighted by Crippen LogP contribution is 2.24. The number of rotatable bonds is 4. The molecule has 1 aromatic heterocycles. The van der Waals surface area contributed by atoms with E-state index >= 15 is 0 Å². The SMILES string of the molecule is CNC(=O)c1ccc(NC(=O)NC(C)c2cc3ccccc3o2)cc1Cl. The predicted molar refractivity (Wildman–Crippen MR) is 102 cm³/mol. The Labute approximate surface area is 155 Å². The van der Waals surface area contributed by atoms with Crippen molar-refractivity contribution in [2.24, 2.45) is 0 Å². The summed E-state index contributed by atoms with van der Waals surface area (Å²) < 4.78 is 5.75. The predicted octanol–water partition coefficient (Wildman–Crippen LogP) is 4.33. The van der Waals surface area contributed by atoms with E-state index in [1.807, 2.05) is 37.3 Å². The van der Waals surface area contributed by atoms with Gasteiger partial charge in [-0.15, -0.1) is 0 Å². The van der Waals surface area contributed by atoms with Crippen molar-refractivity contribution in [3.63, 3.8) is 0 Å². The van der Waals surface area contributed by atoms with Gasteiger partial charge in [0.1, 0.15) is 11.3 Å². The molecular weight excluding hydrogens is 354 g/mol. The Morgan fingerprint density at radius 2 is 1.88 bits per heavy atom. The average molecular weight is 372 g/mol. The van der Waals surface area contributed by atoms with Gasteiger partial charge in [0.05, 0.1) is 16.6 Å². The van der Waals surface area contributed by atoms with Crippen LogP contribution in [0, 0.1) is 0 Å². The molecule has 0 aliphatic rings. The van der Waals surface area contributed by atoms with Gasteiger partial charge in [-0.05, 0) is 37.3 Å². The molecule has 3 N–H and O–H groups in total. The van der Waals surface area contributed by atoms with Crippen LogP contribution < -0.4 is 16.0 Å². The van der Waals surface area contributed by atoms with Gasteiger partial charge >= 0.3 is 6.03 Å². The summed E-state index contributed by atoms with van der Waals surface area (Å²) in [6.45, 7) is 1.83. The van der Waals surface area contributed by atoms with Crippen molar-refractivity contribution in [1.82, 2.24) is 10.6 Å². The Morgan fingerprint density at radius 3 is 2.58 bits per heavy atom. The number of carbonyl (C=O) groups is 2. The zero-order valence-corrected chi connectivity index (χ0v) is 15.1. The number of halogens is 1. The first-order valence-corrected chi connectivity index (χ1v) is 8.43. The Morgan fingerprint density at radius 1 is 1.12 bits per heavy atom. The topological polar surface area (TPSA) is 83.4 Å². The van der Waals surface area contributed by atoms with E-state index in [1.54, 1.807) is 12.1 Å². The van der Waals surface area contributed by atoms with Crippen molar-refractivity contribution in [3.05, 3.63) is 64.9 Å². The fourth-order valence-electron chi connectivity index (χ4n) is 2.56. The van der Waals surface area contributed by atoms with Crippen molar-refractivity contribution < 1.29 is 14.0 Å². The van der Waals surface area contributed by atoms with Crippen molar-refractivity contribution in [2.45, 2.75) is 13.0 Å². The molecule has 6 nitrogen and oxygen atoms in total. The maximum absolute atomic E-state index is 12.2. The van der Waals surface area contributed by atoms with E-state index < -0.39 is 6.03 Å². The van der Waals surface area contributed by atoms with E-state index in [0.717, 1.165) is 11.0 Å². The quantitative estimate of drug-likeness (QED) is 0.638. The van der Waals surface area contributed by atoms with E-state index in [1.165, 1.54) is 13.1 Å². The number of fused-ring (bicyclic) bond motifs is 1. The second-order valence-corrected chi connectivity index (χ2v) is 6.19. The van der Waals surface area contributed by atoms with Gasteiger partial charge in [0.25, 0.3) is 5.91 Å². The molecule has 0 radical (unpaired) electrons. The monoisotopic (exact) mass is 371 g/mol. The summed E-state index contributed by atoms with van der Waals surface area (Å²) in [5.74, 6) is 0.374. The average Bonchev–Trinajstić information content (AvgIpc) is 3.05. The van der Waals surface area contributed by atoms with Gasteiger partial charge in [0, 0.05) is 18.1 Å². The standard InChI is InChI=1S/C19H18ClN3O3/c1-11(17-9-12-5-3-4-6-16(12)26-17)22-19(25)23-13-7-8-14(15(20)10-13)18(24)21-2/h3-11H,1-2H3,(H,21,24)(H2,22,23,25). The number of hydrogen-bond acceptors (Lipinski definition) is 3. The molecule has 0 saturated heterocycles. The maximum atomic E-state index is 12.2. The number of carbonyl (C=O) groups excluding carboxylic acids is 2. The molecule has 3 aromatic rings. The van der Waals surface area contributed by atoms with Crippen LogP contribution in [0.2, 0.25) is 5.02 Å². The van der Waals surface area contributed by atoms with Gasteiger partial charge in [-0.1, -0.05) is 29.8 Å². The Bertz CT molecular complexity index is 935. The van der Waals surface area contributed by atoms with Crippen LogP contribution in [0.4, 0.5) is 10.5 Å². The first-order chi connectivity index (χ1) is 12.5. The third-order valence-corrected chi connectivity index (χ3v) is 4.23. The van der Waals surface area contributed by atoms with Crippen LogP contribution >= 0.6 is 11.6 Å². The molecule has 3 rings (SSSR count). The number of para-hydroxylation sites is 1. The minimum atomic E-state index is -0.401. The van der Waals surface area contributed by atoms with Gasteiger partial charge in [0.15, 0.2) is 0 Å². The zero-order chi connectivity index (χ0) is 18.7. The lowest BCUT2D eigenvalue weighted by molar-refractivity contribution is 0.0963. The molecule has 1 unspecified atom stereocenters. The summed E-state index contributed by atoms with van der Waals surface area (Å²) in [5.41, 5.74) is 1.60. The van der Waals surface area contributed by atoms with E-state index in [9.17, 15) is 9.59 Å². The molecule has 0 aliphatic heterocycles. The van der Waals surface area contributed by atoms with E-state index in [0.29, 0.717) is 17.0 Å². The van der Waals surface area contributed by atoms with Gasteiger partial charge in [-0.2, -0.15) is 0 Å². The number of furan rings is 1. The number of benzene rings is 2. The smallest absolute Gasteiger partial charge is 0.319 e. The highest BCUT2D eigenvalue weighted by Gasteiger charge is 2.15. The molecule has 3 amide bonds. The molecule has 0 aliphatic carbocycles. The summed E-state index contributed by atoms with van der Waals surface area (Å²) in [5, 5.41) is 9.24. The van der Waals surface area contributed by atoms with E-state index in [4.69, 9.17) is 16.0 Å².